The van der Waals surface area contributed by atoms with Gasteiger partial charge in [-0.3, -0.25) is 9.79 Å². The highest BCUT2D eigenvalue weighted by Crippen LogP contribution is 2.20. The Morgan fingerprint density at radius 1 is 1.12 bits per heavy atom. The predicted molar refractivity (Wildman–Crippen MR) is 99.2 cm³/mol. The van der Waals surface area contributed by atoms with Crippen LogP contribution < -0.4 is 10.6 Å². The SMILES string of the molecule is CN=C(NCCN1CCC(C)CC1)N1CCC(CC(=O)NC)CC1. The van der Waals surface area contributed by atoms with Crippen LogP contribution in [0.15, 0.2) is 4.99 Å². The van der Waals surface area contributed by atoms with Crippen LogP contribution in [0, 0.1) is 11.8 Å². The summed E-state index contributed by atoms with van der Waals surface area (Å²) in [6.07, 6.45) is 5.45. The fourth-order valence-corrected chi connectivity index (χ4v) is 3.66. The molecule has 2 N–H and O–H groups in total. The minimum atomic E-state index is 0.159. The normalized spacial score (nSPS) is 21.8. The third-order valence-corrected chi connectivity index (χ3v) is 5.47. The van der Waals surface area contributed by atoms with E-state index in [4.69, 9.17) is 0 Å². The summed E-state index contributed by atoms with van der Waals surface area (Å²) in [5, 5.41) is 6.25. The molecule has 2 heterocycles. The van der Waals surface area contributed by atoms with Crippen LogP contribution in [0.2, 0.25) is 0 Å². The van der Waals surface area contributed by atoms with E-state index in [9.17, 15) is 4.79 Å². The highest BCUT2D eigenvalue weighted by Gasteiger charge is 2.23. The number of piperidine rings is 2. The smallest absolute Gasteiger partial charge is 0.220 e. The number of amides is 1. The molecule has 2 aliphatic heterocycles. The Morgan fingerprint density at radius 2 is 1.79 bits per heavy atom. The fourth-order valence-electron chi connectivity index (χ4n) is 3.66. The molecule has 0 unspecified atom stereocenters. The van der Waals surface area contributed by atoms with Crippen molar-refractivity contribution in [3.8, 4) is 0 Å². The molecular weight excluding hydrogens is 302 g/mol. The molecule has 138 valence electrons. The molecule has 2 aliphatic rings. The lowest BCUT2D eigenvalue weighted by molar-refractivity contribution is -0.121. The van der Waals surface area contributed by atoms with E-state index in [0.717, 1.165) is 50.9 Å². The number of rotatable bonds is 5. The van der Waals surface area contributed by atoms with Crippen LogP contribution >= 0.6 is 0 Å². The highest BCUT2D eigenvalue weighted by atomic mass is 16.1. The Labute approximate surface area is 147 Å². The third kappa shape index (κ3) is 5.96. The first-order valence-electron chi connectivity index (χ1n) is 9.51. The van der Waals surface area contributed by atoms with E-state index >= 15 is 0 Å². The zero-order valence-corrected chi connectivity index (χ0v) is 15.7. The molecule has 0 aromatic carbocycles. The molecule has 6 heteroatoms. The van der Waals surface area contributed by atoms with Crippen molar-refractivity contribution in [3.05, 3.63) is 0 Å². The van der Waals surface area contributed by atoms with E-state index in [1.54, 1.807) is 7.05 Å². The van der Waals surface area contributed by atoms with Gasteiger partial charge in [0.2, 0.25) is 5.91 Å². The summed E-state index contributed by atoms with van der Waals surface area (Å²) in [5.41, 5.74) is 0. The third-order valence-electron chi connectivity index (χ3n) is 5.47. The van der Waals surface area contributed by atoms with Crippen molar-refractivity contribution in [2.45, 2.75) is 39.0 Å². The van der Waals surface area contributed by atoms with Crippen molar-refractivity contribution in [3.63, 3.8) is 0 Å². The summed E-state index contributed by atoms with van der Waals surface area (Å²) in [4.78, 5) is 20.8. The summed E-state index contributed by atoms with van der Waals surface area (Å²) in [6.45, 7) is 8.84. The largest absolute Gasteiger partial charge is 0.359 e. The maximum absolute atomic E-state index is 11.5. The molecule has 0 spiro atoms. The molecule has 2 fully saturated rings. The second-order valence-corrected chi connectivity index (χ2v) is 7.31. The summed E-state index contributed by atoms with van der Waals surface area (Å²) in [7, 11) is 3.58. The predicted octanol–water partition coefficient (Wildman–Crippen LogP) is 1.14. The van der Waals surface area contributed by atoms with Gasteiger partial charge in [0.1, 0.15) is 0 Å². The molecule has 2 rings (SSSR count). The van der Waals surface area contributed by atoms with Gasteiger partial charge in [-0.2, -0.15) is 0 Å². The molecule has 0 bridgehead atoms. The summed E-state index contributed by atoms with van der Waals surface area (Å²) in [5.74, 6) is 2.57. The number of guanidine groups is 1. The van der Waals surface area contributed by atoms with Gasteiger partial charge in [-0.05, 0) is 50.6 Å². The van der Waals surface area contributed by atoms with Gasteiger partial charge in [-0.25, -0.2) is 0 Å². The number of hydrogen-bond donors (Lipinski definition) is 2. The molecule has 0 radical (unpaired) electrons. The van der Waals surface area contributed by atoms with Crippen molar-refractivity contribution >= 4 is 11.9 Å². The van der Waals surface area contributed by atoms with Gasteiger partial charge in [-0.1, -0.05) is 6.92 Å². The fraction of sp³-hybridized carbons (Fsp3) is 0.889. The maximum Gasteiger partial charge on any atom is 0.220 e. The van der Waals surface area contributed by atoms with Gasteiger partial charge in [-0.15, -0.1) is 0 Å². The number of nitrogens with one attached hydrogen (secondary N) is 2. The molecule has 0 aliphatic carbocycles. The van der Waals surface area contributed by atoms with Crippen LogP contribution in [0.25, 0.3) is 0 Å². The van der Waals surface area contributed by atoms with Crippen molar-refractivity contribution in [1.82, 2.24) is 20.4 Å². The van der Waals surface area contributed by atoms with E-state index in [2.05, 4.69) is 32.3 Å². The highest BCUT2D eigenvalue weighted by molar-refractivity contribution is 5.80. The topological polar surface area (TPSA) is 60.0 Å². The van der Waals surface area contributed by atoms with Crippen LogP contribution in [-0.2, 0) is 4.79 Å². The van der Waals surface area contributed by atoms with Crippen LogP contribution in [0.5, 0.6) is 0 Å². The molecule has 0 saturated carbocycles. The molecule has 0 atom stereocenters. The molecule has 1 amide bonds. The van der Waals surface area contributed by atoms with E-state index < -0.39 is 0 Å². The van der Waals surface area contributed by atoms with E-state index in [-0.39, 0.29) is 5.91 Å². The first-order valence-corrected chi connectivity index (χ1v) is 9.51. The number of carbonyl (C=O) groups excluding carboxylic acids is 1. The Morgan fingerprint density at radius 3 is 2.38 bits per heavy atom. The molecule has 6 nitrogen and oxygen atoms in total. The van der Waals surface area contributed by atoms with E-state index in [1.165, 1.54) is 25.9 Å². The summed E-state index contributed by atoms with van der Waals surface area (Å²) >= 11 is 0. The van der Waals surface area contributed by atoms with Crippen molar-refractivity contribution in [2.75, 3.05) is 53.4 Å². The quantitative estimate of drug-likeness (QED) is 0.583. The van der Waals surface area contributed by atoms with Crippen molar-refractivity contribution in [2.24, 2.45) is 16.8 Å². The second kappa shape index (κ2) is 9.87. The Bertz CT molecular complexity index is 410. The second-order valence-electron chi connectivity index (χ2n) is 7.31. The average molecular weight is 338 g/mol. The number of carbonyl (C=O) groups is 1. The van der Waals surface area contributed by atoms with E-state index in [1.807, 2.05) is 7.05 Å². The molecule has 0 aromatic rings. The number of nitrogens with zero attached hydrogens (tertiary/aromatic N) is 3. The minimum Gasteiger partial charge on any atom is -0.359 e. The minimum absolute atomic E-state index is 0.159. The zero-order chi connectivity index (χ0) is 17.4. The lowest BCUT2D eigenvalue weighted by atomic mass is 9.93. The number of aliphatic imine (C=N–C) groups is 1. The molecule has 24 heavy (non-hydrogen) atoms. The van der Waals surface area contributed by atoms with Crippen LogP contribution in [-0.4, -0.2) is 75.0 Å². The first-order chi connectivity index (χ1) is 11.6. The van der Waals surface area contributed by atoms with Gasteiger partial charge in [0.05, 0.1) is 0 Å². The average Bonchev–Trinajstić information content (AvgIpc) is 2.61. The number of hydrogen-bond acceptors (Lipinski definition) is 3. The van der Waals surface area contributed by atoms with Crippen LogP contribution in [0.3, 0.4) is 0 Å². The summed E-state index contributed by atoms with van der Waals surface area (Å²) in [6, 6.07) is 0. The van der Waals surface area contributed by atoms with E-state index in [0.29, 0.717) is 12.3 Å². The lowest BCUT2D eigenvalue weighted by Gasteiger charge is -2.35. The number of likely N-dealkylation sites (tertiary alicyclic amines) is 2. The standard InChI is InChI=1S/C18H35N5O/c1-15-4-9-22(10-5-15)13-8-21-18(20-3)23-11-6-16(7-12-23)14-17(24)19-2/h15-16H,4-14H2,1-3H3,(H,19,24)(H,20,21). The van der Waals surface area contributed by atoms with Crippen LogP contribution in [0.1, 0.15) is 39.0 Å². The lowest BCUT2D eigenvalue weighted by Crippen LogP contribution is -2.48. The van der Waals surface area contributed by atoms with Crippen molar-refractivity contribution in [1.29, 1.82) is 0 Å². The molecular formula is C18H35N5O. The van der Waals surface area contributed by atoms with Gasteiger partial charge in [0.25, 0.3) is 0 Å². The maximum atomic E-state index is 11.5. The van der Waals surface area contributed by atoms with Gasteiger partial charge in [0.15, 0.2) is 5.96 Å². The summed E-state index contributed by atoms with van der Waals surface area (Å²) < 4.78 is 0. The molecule has 0 aromatic heterocycles. The monoisotopic (exact) mass is 337 g/mol. The Kier molecular flexibility index (Phi) is 7.82. The Hall–Kier alpha value is -1.30. The van der Waals surface area contributed by atoms with Gasteiger partial charge in [0, 0.05) is 46.7 Å². The zero-order valence-electron chi connectivity index (χ0n) is 15.7. The Balaban J connectivity index is 1.66. The van der Waals surface area contributed by atoms with Crippen LogP contribution in [0.4, 0.5) is 0 Å². The molecule has 2 saturated heterocycles. The van der Waals surface area contributed by atoms with Gasteiger partial charge >= 0.3 is 0 Å². The first kappa shape index (κ1) is 19.0. The van der Waals surface area contributed by atoms with Gasteiger partial charge < -0.3 is 20.4 Å². The van der Waals surface area contributed by atoms with Crippen molar-refractivity contribution < 1.29 is 4.79 Å².